The highest BCUT2D eigenvalue weighted by atomic mass is 32.1. The zero-order valence-electron chi connectivity index (χ0n) is 11.5. The quantitative estimate of drug-likeness (QED) is 0.890. The molecule has 1 aliphatic rings. The van der Waals surface area contributed by atoms with E-state index in [1.54, 1.807) is 18.4 Å². The molecular formula is C16H19NOS. The summed E-state index contributed by atoms with van der Waals surface area (Å²) in [6, 6.07) is 6.35. The van der Waals surface area contributed by atoms with E-state index in [9.17, 15) is 0 Å². The molecule has 1 aromatic heterocycles. The highest BCUT2D eigenvalue weighted by molar-refractivity contribution is 7.16. The summed E-state index contributed by atoms with van der Waals surface area (Å²) in [4.78, 5) is 1.49. The molecule has 0 amide bonds. The van der Waals surface area contributed by atoms with Gasteiger partial charge in [0.15, 0.2) is 0 Å². The van der Waals surface area contributed by atoms with Crippen LogP contribution >= 0.6 is 11.3 Å². The summed E-state index contributed by atoms with van der Waals surface area (Å²) < 4.78 is 5.33. The number of benzene rings is 1. The summed E-state index contributed by atoms with van der Waals surface area (Å²) in [6.45, 7) is 2.08. The highest BCUT2D eigenvalue weighted by Crippen LogP contribution is 2.43. The molecule has 19 heavy (non-hydrogen) atoms. The maximum atomic E-state index is 6.26. The number of hydrogen-bond donors (Lipinski definition) is 1. The molecular weight excluding hydrogens is 254 g/mol. The van der Waals surface area contributed by atoms with Crippen molar-refractivity contribution in [3.63, 3.8) is 0 Å². The number of fused-ring (bicyclic) bond motifs is 1. The summed E-state index contributed by atoms with van der Waals surface area (Å²) in [6.07, 6.45) is 4.95. The summed E-state index contributed by atoms with van der Waals surface area (Å²) in [5, 5.41) is 0.969. The monoisotopic (exact) mass is 273 g/mol. The molecule has 1 aromatic carbocycles. The van der Waals surface area contributed by atoms with Gasteiger partial charge in [-0.15, -0.1) is 11.3 Å². The number of ether oxygens (including phenoxy) is 1. The Kier molecular flexibility index (Phi) is 3.23. The third-order valence-corrected chi connectivity index (χ3v) is 5.00. The van der Waals surface area contributed by atoms with E-state index in [1.807, 2.05) is 6.07 Å². The molecule has 0 aliphatic heterocycles. The van der Waals surface area contributed by atoms with Crippen LogP contribution in [0.25, 0.3) is 11.1 Å². The first-order chi connectivity index (χ1) is 9.20. The maximum Gasteiger partial charge on any atom is 0.121 e. The molecule has 3 rings (SSSR count). The van der Waals surface area contributed by atoms with Gasteiger partial charge in [-0.25, -0.2) is 0 Å². The minimum atomic E-state index is 0.936. The number of methoxy groups -OCH3 is 1. The van der Waals surface area contributed by atoms with Crippen molar-refractivity contribution < 1.29 is 4.74 Å². The number of hydrogen-bond acceptors (Lipinski definition) is 3. The lowest BCUT2D eigenvalue weighted by molar-refractivity contribution is 0.412. The Hall–Kier alpha value is -1.48. The Balaban J connectivity index is 2.11. The van der Waals surface area contributed by atoms with E-state index >= 15 is 0 Å². The molecule has 0 fully saturated rings. The van der Waals surface area contributed by atoms with Crippen LogP contribution in [0.3, 0.4) is 0 Å². The fraction of sp³-hybridized carbons (Fsp3) is 0.375. The van der Waals surface area contributed by atoms with Crippen LogP contribution in [0.2, 0.25) is 0 Å². The number of nitrogen functional groups attached to an aromatic ring is 1. The van der Waals surface area contributed by atoms with Crippen molar-refractivity contribution in [2.24, 2.45) is 0 Å². The van der Waals surface area contributed by atoms with Crippen LogP contribution < -0.4 is 10.5 Å². The van der Waals surface area contributed by atoms with E-state index in [0.717, 1.165) is 16.3 Å². The molecule has 2 nitrogen and oxygen atoms in total. The molecule has 3 heteroatoms. The Bertz CT molecular complexity index is 615. The minimum Gasteiger partial charge on any atom is -0.496 e. The zero-order chi connectivity index (χ0) is 13.4. The normalized spacial score (nSPS) is 14.2. The molecule has 0 unspecified atom stereocenters. The lowest BCUT2D eigenvalue weighted by atomic mass is 9.92. The maximum absolute atomic E-state index is 6.26. The minimum absolute atomic E-state index is 0.936. The average molecular weight is 273 g/mol. The van der Waals surface area contributed by atoms with Crippen LogP contribution in [0.5, 0.6) is 5.75 Å². The van der Waals surface area contributed by atoms with Gasteiger partial charge in [-0.05, 0) is 61.4 Å². The smallest absolute Gasteiger partial charge is 0.121 e. The third kappa shape index (κ3) is 2.12. The van der Waals surface area contributed by atoms with E-state index < -0.39 is 0 Å². The molecule has 0 saturated heterocycles. The second-order valence-corrected chi connectivity index (χ2v) is 6.27. The standard InChI is InChI=1S/C16H19NOS/c1-10-9-11(7-8-13(10)18-2)15-12-5-3-4-6-14(12)19-16(15)17/h7-9H,3-6,17H2,1-2H3. The van der Waals surface area contributed by atoms with Crippen molar-refractivity contribution in [3.8, 4) is 16.9 Å². The predicted octanol–water partition coefficient (Wildman–Crippen LogP) is 4.19. The van der Waals surface area contributed by atoms with Crippen molar-refractivity contribution in [2.45, 2.75) is 32.6 Å². The van der Waals surface area contributed by atoms with Crippen LogP contribution in [0.1, 0.15) is 28.8 Å². The second kappa shape index (κ2) is 4.89. The molecule has 2 aromatic rings. The average Bonchev–Trinajstić information content (AvgIpc) is 2.74. The molecule has 0 spiro atoms. The number of anilines is 1. The van der Waals surface area contributed by atoms with Gasteiger partial charge in [0.25, 0.3) is 0 Å². The van der Waals surface area contributed by atoms with E-state index in [-0.39, 0.29) is 0 Å². The van der Waals surface area contributed by atoms with Gasteiger partial charge in [0.1, 0.15) is 5.75 Å². The van der Waals surface area contributed by atoms with Crippen LogP contribution in [-0.4, -0.2) is 7.11 Å². The van der Waals surface area contributed by atoms with E-state index in [2.05, 4.69) is 19.1 Å². The molecule has 1 heterocycles. The molecule has 0 radical (unpaired) electrons. The number of rotatable bonds is 2. The van der Waals surface area contributed by atoms with Crippen molar-refractivity contribution in [3.05, 3.63) is 34.2 Å². The summed E-state index contributed by atoms with van der Waals surface area (Å²) >= 11 is 1.77. The van der Waals surface area contributed by atoms with Crippen molar-refractivity contribution in [1.29, 1.82) is 0 Å². The van der Waals surface area contributed by atoms with Gasteiger partial charge in [-0.3, -0.25) is 0 Å². The summed E-state index contributed by atoms with van der Waals surface area (Å²) in [5.41, 5.74) is 11.4. The molecule has 100 valence electrons. The van der Waals surface area contributed by atoms with Crippen molar-refractivity contribution in [2.75, 3.05) is 12.8 Å². The fourth-order valence-corrected chi connectivity index (χ4v) is 4.12. The first-order valence-corrected chi connectivity index (χ1v) is 7.57. The van der Waals surface area contributed by atoms with Gasteiger partial charge < -0.3 is 10.5 Å². The molecule has 2 N–H and O–H groups in total. The first-order valence-electron chi connectivity index (χ1n) is 6.75. The highest BCUT2D eigenvalue weighted by Gasteiger charge is 2.20. The second-order valence-electron chi connectivity index (χ2n) is 5.13. The molecule has 0 saturated carbocycles. The summed E-state index contributed by atoms with van der Waals surface area (Å²) in [5.74, 6) is 0.936. The topological polar surface area (TPSA) is 35.2 Å². The van der Waals surface area contributed by atoms with Crippen LogP contribution in [0.4, 0.5) is 5.00 Å². The van der Waals surface area contributed by atoms with Crippen molar-refractivity contribution >= 4 is 16.3 Å². The molecule has 1 aliphatic carbocycles. The lowest BCUT2D eigenvalue weighted by Crippen LogP contribution is -2.00. The van der Waals surface area contributed by atoms with Crippen LogP contribution in [0, 0.1) is 6.92 Å². The number of thiophene rings is 1. The van der Waals surface area contributed by atoms with Crippen molar-refractivity contribution in [1.82, 2.24) is 0 Å². The number of nitrogens with two attached hydrogens (primary N) is 1. The van der Waals surface area contributed by atoms with E-state index in [1.165, 1.54) is 47.3 Å². The van der Waals surface area contributed by atoms with Gasteiger partial charge in [-0.1, -0.05) is 6.07 Å². The lowest BCUT2D eigenvalue weighted by Gasteiger charge is -2.14. The van der Waals surface area contributed by atoms with Crippen LogP contribution in [-0.2, 0) is 12.8 Å². The third-order valence-electron chi connectivity index (χ3n) is 3.88. The molecule has 0 bridgehead atoms. The van der Waals surface area contributed by atoms with Gasteiger partial charge >= 0.3 is 0 Å². The van der Waals surface area contributed by atoms with Gasteiger partial charge in [0.05, 0.1) is 12.1 Å². The predicted molar refractivity (Wildman–Crippen MR) is 82.1 cm³/mol. The molecule has 0 atom stereocenters. The Morgan fingerprint density at radius 1 is 1.21 bits per heavy atom. The van der Waals surface area contributed by atoms with E-state index in [0.29, 0.717) is 0 Å². The zero-order valence-corrected chi connectivity index (χ0v) is 12.3. The SMILES string of the molecule is COc1ccc(-c2c(N)sc3c2CCCC3)cc1C. The van der Waals surface area contributed by atoms with Crippen LogP contribution in [0.15, 0.2) is 18.2 Å². The Morgan fingerprint density at radius 2 is 2.00 bits per heavy atom. The fourth-order valence-electron chi connectivity index (χ4n) is 2.94. The number of aryl methyl sites for hydroxylation is 2. The van der Waals surface area contributed by atoms with Gasteiger partial charge in [0, 0.05) is 10.4 Å². The van der Waals surface area contributed by atoms with Gasteiger partial charge in [0.2, 0.25) is 0 Å². The van der Waals surface area contributed by atoms with E-state index in [4.69, 9.17) is 10.5 Å². The Labute approximate surface area is 118 Å². The first kappa shape index (κ1) is 12.5. The Morgan fingerprint density at radius 3 is 2.74 bits per heavy atom. The largest absolute Gasteiger partial charge is 0.496 e. The summed E-state index contributed by atoms with van der Waals surface area (Å²) in [7, 11) is 1.71. The van der Waals surface area contributed by atoms with Gasteiger partial charge in [-0.2, -0.15) is 0 Å².